The molecule has 1 rings (SSSR count). The summed E-state index contributed by atoms with van der Waals surface area (Å²) in [5.74, 6) is -6.18. The van der Waals surface area contributed by atoms with Crippen molar-refractivity contribution >= 4 is 35.6 Å². The molecular weight excluding hydrogens is 478 g/mol. The van der Waals surface area contributed by atoms with E-state index < -0.39 is 79.0 Å². The summed E-state index contributed by atoms with van der Waals surface area (Å²) in [4.78, 5) is 78.6. The maximum Gasteiger partial charge on any atom is 0.326 e. The van der Waals surface area contributed by atoms with Crippen LogP contribution < -0.4 is 27.4 Å². The largest absolute Gasteiger partial charge is 0.481 e. The zero-order chi connectivity index (χ0) is 27.4. The van der Waals surface area contributed by atoms with Crippen molar-refractivity contribution in [3.63, 3.8) is 0 Å². The molecule has 1 heterocycles. The van der Waals surface area contributed by atoms with Crippen molar-refractivity contribution in [2.75, 3.05) is 0 Å². The molecule has 1 aromatic heterocycles. The lowest BCUT2D eigenvalue weighted by Gasteiger charge is -2.24. The van der Waals surface area contributed by atoms with E-state index in [1.807, 2.05) is 13.8 Å². The molecule has 0 spiro atoms. The Morgan fingerprint density at radius 1 is 0.972 bits per heavy atom. The third-order valence-corrected chi connectivity index (χ3v) is 4.97. The summed E-state index contributed by atoms with van der Waals surface area (Å²) >= 11 is 0. The molecule has 0 bridgehead atoms. The SMILES string of the molecule is CC(C)CC(N)C(=O)NC(Cc1cnc[nH]1)C(=O)NC(CC(N)=O)C(=O)NC(CCC(=O)O)C(=O)O. The lowest BCUT2D eigenvalue weighted by Crippen LogP contribution is -2.58. The van der Waals surface area contributed by atoms with Crippen LogP contribution >= 0.6 is 0 Å². The first-order valence-corrected chi connectivity index (χ1v) is 11.2. The third kappa shape index (κ3) is 10.9. The van der Waals surface area contributed by atoms with E-state index in [9.17, 15) is 33.9 Å². The van der Waals surface area contributed by atoms with Gasteiger partial charge in [0.25, 0.3) is 0 Å². The highest BCUT2D eigenvalue weighted by molar-refractivity contribution is 5.96. The lowest BCUT2D eigenvalue weighted by atomic mass is 10.0. The first-order valence-electron chi connectivity index (χ1n) is 11.2. The average Bonchev–Trinajstić information content (AvgIpc) is 3.27. The number of aromatic amines is 1. The van der Waals surface area contributed by atoms with Crippen LogP contribution in [-0.2, 0) is 35.2 Å². The number of hydrogen-bond donors (Lipinski definition) is 8. The highest BCUT2D eigenvalue weighted by atomic mass is 16.4. The van der Waals surface area contributed by atoms with E-state index in [0.29, 0.717) is 12.1 Å². The Hall–Kier alpha value is -4.01. The molecule has 0 fully saturated rings. The molecular formula is C21H33N7O8. The number of carboxylic acids is 2. The Kier molecular flexibility index (Phi) is 12.0. The Morgan fingerprint density at radius 3 is 2.06 bits per heavy atom. The molecule has 0 saturated carbocycles. The average molecular weight is 512 g/mol. The van der Waals surface area contributed by atoms with Gasteiger partial charge in [-0.05, 0) is 18.8 Å². The lowest BCUT2D eigenvalue weighted by molar-refractivity contribution is -0.143. The topological polar surface area (TPSA) is 260 Å². The van der Waals surface area contributed by atoms with E-state index in [1.54, 1.807) is 0 Å². The molecule has 200 valence electrons. The van der Waals surface area contributed by atoms with Gasteiger partial charge in [0, 0.05) is 24.7 Å². The number of carbonyl (C=O) groups excluding carboxylic acids is 4. The molecule has 4 amide bonds. The molecule has 0 aliphatic carbocycles. The van der Waals surface area contributed by atoms with Gasteiger partial charge in [0.15, 0.2) is 0 Å². The van der Waals surface area contributed by atoms with Gasteiger partial charge in [-0.2, -0.15) is 0 Å². The normalized spacial score (nSPS) is 14.2. The van der Waals surface area contributed by atoms with Gasteiger partial charge in [-0.1, -0.05) is 13.8 Å². The fourth-order valence-corrected chi connectivity index (χ4v) is 3.20. The predicted molar refractivity (Wildman–Crippen MR) is 124 cm³/mol. The van der Waals surface area contributed by atoms with Gasteiger partial charge >= 0.3 is 11.9 Å². The van der Waals surface area contributed by atoms with Crippen molar-refractivity contribution in [3.05, 3.63) is 18.2 Å². The minimum absolute atomic E-state index is 0.0623. The first-order chi connectivity index (χ1) is 16.8. The molecule has 0 aromatic carbocycles. The molecule has 4 unspecified atom stereocenters. The van der Waals surface area contributed by atoms with E-state index in [4.69, 9.17) is 16.6 Å². The number of nitrogens with two attached hydrogens (primary N) is 2. The Balaban J connectivity index is 3.05. The first kappa shape index (κ1) is 30.0. The maximum atomic E-state index is 13.1. The molecule has 4 atom stereocenters. The van der Waals surface area contributed by atoms with Crippen LogP contribution in [0.15, 0.2) is 12.5 Å². The van der Waals surface area contributed by atoms with Crippen molar-refractivity contribution in [1.82, 2.24) is 25.9 Å². The number of hydrogen-bond acceptors (Lipinski definition) is 8. The fourth-order valence-electron chi connectivity index (χ4n) is 3.20. The van der Waals surface area contributed by atoms with Crippen LogP contribution in [0.3, 0.4) is 0 Å². The second kappa shape index (κ2) is 14.4. The van der Waals surface area contributed by atoms with Gasteiger partial charge in [0.2, 0.25) is 23.6 Å². The molecule has 0 aliphatic rings. The maximum absolute atomic E-state index is 13.1. The number of nitrogens with zero attached hydrogens (tertiary/aromatic N) is 1. The van der Waals surface area contributed by atoms with Crippen molar-refractivity contribution in [3.8, 4) is 0 Å². The fraction of sp³-hybridized carbons (Fsp3) is 0.571. The van der Waals surface area contributed by atoms with Crippen LogP contribution in [0.4, 0.5) is 0 Å². The number of aliphatic carboxylic acids is 2. The Morgan fingerprint density at radius 2 is 1.56 bits per heavy atom. The van der Waals surface area contributed by atoms with Crippen LogP contribution in [0.25, 0.3) is 0 Å². The van der Waals surface area contributed by atoms with E-state index in [1.165, 1.54) is 12.5 Å². The molecule has 0 radical (unpaired) electrons. The molecule has 15 nitrogen and oxygen atoms in total. The molecule has 1 aromatic rings. The van der Waals surface area contributed by atoms with Crippen LogP contribution in [0.2, 0.25) is 0 Å². The minimum Gasteiger partial charge on any atom is -0.481 e. The summed E-state index contributed by atoms with van der Waals surface area (Å²) in [7, 11) is 0. The van der Waals surface area contributed by atoms with Crippen molar-refractivity contribution in [2.24, 2.45) is 17.4 Å². The second-order valence-electron chi connectivity index (χ2n) is 8.64. The van der Waals surface area contributed by atoms with Crippen LogP contribution in [0.5, 0.6) is 0 Å². The van der Waals surface area contributed by atoms with Crippen molar-refractivity contribution in [2.45, 2.75) is 70.1 Å². The van der Waals surface area contributed by atoms with E-state index in [-0.39, 0.29) is 12.3 Å². The summed E-state index contributed by atoms with van der Waals surface area (Å²) in [5.41, 5.74) is 11.6. The number of imidazole rings is 1. The van der Waals surface area contributed by atoms with Crippen LogP contribution in [0, 0.1) is 5.92 Å². The highest BCUT2D eigenvalue weighted by Crippen LogP contribution is 2.06. The van der Waals surface area contributed by atoms with Crippen molar-refractivity contribution in [1.29, 1.82) is 0 Å². The van der Waals surface area contributed by atoms with Crippen LogP contribution in [0.1, 0.15) is 45.2 Å². The number of aromatic nitrogens is 2. The summed E-state index contributed by atoms with van der Waals surface area (Å²) in [6.45, 7) is 3.74. The van der Waals surface area contributed by atoms with E-state index in [2.05, 4.69) is 25.9 Å². The van der Waals surface area contributed by atoms with Crippen molar-refractivity contribution < 1.29 is 39.0 Å². The minimum atomic E-state index is -1.59. The monoisotopic (exact) mass is 511 g/mol. The molecule has 0 aliphatic heterocycles. The van der Waals surface area contributed by atoms with Gasteiger partial charge < -0.3 is 42.6 Å². The highest BCUT2D eigenvalue weighted by Gasteiger charge is 2.31. The zero-order valence-electron chi connectivity index (χ0n) is 20.0. The second-order valence-corrected chi connectivity index (χ2v) is 8.64. The Labute approximate surface area is 206 Å². The van der Waals surface area contributed by atoms with Gasteiger partial charge in [0.1, 0.15) is 18.1 Å². The van der Waals surface area contributed by atoms with Gasteiger partial charge in [-0.3, -0.25) is 24.0 Å². The van der Waals surface area contributed by atoms with Crippen LogP contribution in [-0.4, -0.2) is 79.9 Å². The van der Waals surface area contributed by atoms with E-state index >= 15 is 0 Å². The molecule has 36 heavy (non-hydrogen) atoms. The quantitative estimate of drug-likeness (QED) is 0.117. The smallest absolute Gasteiger partial charge is 0.326 e. The number of carboxylic acid groups (broad SMARTS) is 2. The predicted octanol–water partition coefficient (Wildman–Crippen LogP) is -2.40. The van der Waals surface area contributed by atoms with Gasteiger partial charge in [-0.25, -0.2) is 9.78 Å². The van der Waals surface area contributed by atoms with E-state index in [0.717, 1.165) is 0 Å². The number of primary amides is 1. The number of nitrogens with one attached hydrogen (secondary N) is 4. The summed E-state index contributed by atoms with van der Waals surface area (Å²) < 4.78 is 0. The number of rotatable bonds is 16. The molecule has 0 saturated heterocycles. The standard InChI is InChI=1S/C21H33N7O8/c1-10(2)5-12(22)18(32)27-14(6-11-8-24-9-25-11)19(33)28-15(7-16(23)29)20(34)26-13(21(35)36)3-4-17(30)31/h8-10,12-15H,3-7,22H2,1-2H3,(H2,23,29)(H,24,25)(H,26,34)(H,27,32)(H,28,33)(H,30,31)(H,35,36). The van der Waals surface area contributed by atoms with Gasteiger partial charge in [-0.15, -0.1) is 0 Å². The Bertz CT molecular complexity index is 935. The summed E-state index contributed by atoms with van der Waals surface area (Å²) in [6, 6.07) is -5.32. The number of H-pyrrole nitrogens is 1. The third-order valence-electron chi connectivity index (χ3n) is 4.97. The number of amides is 4. The summed E-state index contributed by atoms with van der Waals surface area (Å²) in [6.07, 6.45) is 1.42. The summed E-state index contributed by atoms with van der Waals surface area (Å²) in [5, 5.41) is 25.0. The molecule has 10 N–H and O–H groups in total. The number of carbonyl (C=O) groups is 6. The zero-order valence-corrected chi connectivity index (χ0v) is 20.0. The van der Waals surface area contributed by atoms with Gasteiger partial charge in [0.05, 0.1) is 18.8 Å². The molecule has 15 heteroatoms.